The molecule has 1 aliphatic rings. The minimum absolute atomic E-state index is 0.0127. The number of hydroxylamine groups is 1. The number of carbonyl (C=O) groups is 1. The summed E-state index contributed by atoms with van der Waals surface area (Å²) in [5.74, 6) is -0.370. The summed E-state index contributed by atoms with van der Waals surface area (Å²) >= 11 is 0. The first-order chi connectivity index (χ1) is 4.34. The molecule has 0 fully saturated rings. The van der Waals surface area contributed by atoms with Gasteiger partial charge in [0, 0.05) is 6.54 Å². The molecule has 5 nitrogen and oxygen atoms in total. The number of aliphatic imine (C=N–C) groups is 1. The molecule has 1 heterocycles. The lowest BCUT2D eigenvalue weighted by atomic mass is 10.4. The average Bonchev–Trinajstić information content (AvgIpc) is 1.89. The van der Waals surface area contributed by atoms with Crippen LogP contribution in [-0.4, -0.2) is 30.0 Å². The van der Waals surface area contributed by atoms with Crippen LogP contribution in [0.1, 0.15) is 0 Å². The van der Waals surface area contributed by atoms with Crippen molar-refractivity contribution in [3.05, 3.63) is 0 Å². The third kappa shape index (κ3) is 1.17. The van der Waals surface area contributed by atoms with Crippen molar-refractivity contribution in [2.45, 2.75) is 0 Å². The van der Waals surface area contributed by atoms with E-state index in [1.165, 1.54) is 0 Å². The molecule has 3 N–H and O–H groups in total. The number of hydrogen-bond donors (Lipinski definition) is 3. The Bertz CT molecular complexity index is 154. The van der Waals surface area contributed by atoms with Crippen LogP contribution in [0.3, 0.4) is 0 Å². The van der Waals surface area contributed by atoms with E-state index in [1.807, 2.05) is 0 Å². The maximum atomic E-state index is 10.6. The molecule has 9 heavy (non-hydrogen) atoms. The van der Waals surface area contributed by atoms with Gasteiger partial charge in [0.1, 0.15) is 0 Å². The van der Waals surface area contributed by atoms with Crippen LogP contribution in [0, 0.1) is 0 Å². The first kappa shape index (κ1) is 6.03. The van der Waals surface area contributed by atoms with Crippen molar-refractivity contribution in [2.24, 2.45) is 4.99 Å². The SMILES string of the molecule is O=C1NCCN=C1NO. The van der Waals surface area contributed by atoms with Gasteiger partial charge < -0.3 is 5.32 Å². The number of amides is 1. The van der Waals surface area contributed by atoms with Gasteiger partial charge in [0.25, 0.3) is 5.91 Å². The summed E-state index contributed by atoms with van der Waals surface area (Å²) in [4.78, 5) is 14.2. The van der Waals surface area contributed by atoms with E-state index in [9.17, 15) is 4.79 Å². The molecule has 0 aromatic heterocycles. The maximum Gasteiger partial charge on any atom is 0.288 e. The quantitative estimate of drug-likeness (QED) is 0.348. The van der Waals surface area contributed by atoms with E-state index in [4.69, 9.17) is 5.21 Å². The highest BCUT2D eigenvalue weighted by Crippen LogP contribution is 1.81. The zero-order chi connectivity index (χ0) is 6.69. The Kier molecular flexibility index (Phi) is 1.64. The molecule has 0 unspecified atom stereocenters. The van der Waals surface area contributed by atoms with Crippen LogP contribution in [0.15, 0.2) is 4.99 Å². The van der Waals surface area contributed by atoms with Crippen molar-refractivity contribution in [3.8, 4) is 0 Å². The minimum Gasteiger partial charge on any atom is -0.347 e. The van der Waals surface area contributed by atoms with E-state index in [1.54, 1.807) is 5.48 Å². The standard InChI is InChI=1S/C4H7N3O2/c8-4-3(7-9)5-1-2-6-4/h9H,1-2H2,(H,5,7)(H,6,8). The number of nitrogens with one attached hydrogen (secondary N) is 2. The van der Waals surface area contributed by atoms with Crippen LogP contribution in [0.25, 0.3) is 0 Å². The number of carbonyl (C=O) groups excluding carboxylic acids is 1. The highest BCUT2D eigenvalue weighted by molar-refractivity contribution is 6.37. The molecule has 0 saturated carbocycles. The normalized spacial score (nSPS) is 18.3. The van der Waals surface area contributed by atoms with Gasteiger partial charge in [0.15, 0.2) is 0 Å². The molecule has 0 atom stereocenters. The van der Waals surface area contributed by atoms with Gasteiger partial charge in [-0.05, 0) is 0 Å². The predicted molar refractivity (Wildman–Crippen MR) is 30.2 cm³/mol. The van der Waals surface area contributed by atoms with Crippen LogP contribution in [0.5, 0.6) is 0 Å². The summed E-state index contributed by atoms with van der Waals surface area (Å²) in [6.45, 7) is 1.07. The van der Waals surface area contributed by atoms with Crippen molar-refractivity contribution < 1.29 is 10.0 Å². The minimum atomic E-state index is -0.358. The molecular formula is C4H7N3O2. The molecule has 1 amide bonds. The first-order valence-corrected chi connectivity index (χ1v) is 2.57. The molecule has 1 rings (SSSR count). The van der Waals surface area contributed by atoms with Gasteiger partial charge in [-0.25, -0.2) is 5.48 Å². The largest absolute Gasteiger partial charge is 0.347 e. The summed E-state index contributed by atoms with van der Waals surface area (Å²) in [5.41, 5.74) is 1.69. The summed E-state index contributed by atoms with van der Waals surface area (Å²) in [5, 5.41) is 10.7. The lowest BCUT2D eigenvalue weighted by molar-refractivity contribution is -0.115. The van der Waals surface area contributed by atoms with Crippen molar-refractivity contribution in [3.63, 3.8) is 0 Å². The first-order valence-electron chi connectivity index (χ1n) is 2.57. The smallest absolute Gasteiger partial charge is 0.288 e. The third-order valence-corrected chi connectivity index (χ3v) is 0.988. The van der Waals surface area contributed by atoms with Crippen molar-refractivity contribution in [1.29, 1.82) is 0 Å². The lowest BCUT2D eigenvalue weighted by Gasteiger charge is -2.09. The van der Waals surface area contributed by atoms with Crippen LogP contribution < -0.4 is 10.8 Å². The molecule has 50 valence electrons. The fourth-order valence-corrected chi connectivity index (χ4v) is 0.579. The zero-order valence-corrected chi connectivity index (χ0v) is 4.72. The topological polar surface area (TPSA) is 73.7 Å². The van der Waals surface area contributed by atoms with Gasteiger partial charge in [-0.3, -0.25) is 15.0 Å². The Hall–Kier alpha value is -1.10. The maximum absolute atomic E-state index is 10.6. The van der Waals surface area contributed by atoms with E-state index in [0.717, 1.165) is 0 Å². The Balaban J connectivity index is 2.64. The molecule has 0 bridgehead atoms. The van der Waals surface area contributed by atoms with Crippen molar-refractivity contribution >= 4 is 11.7 Å². The molecule has 0 aromatic rings. The summed E-state index contributed by atoms with van der Waals surface area (Å²) < 4.78 is 0. The highest BCUT2D eigenvalue weighted by Gasteiger charge is 2.12. The van der Waals surface area contributed by atoms with E-state index in [0.29, 0.717) is 13.1 Å². The molecule has 1 aliphatic heterocycles. The van der Waals surface area contributed by atoms with Gasteiger partial charge in [-0.15, -0.1) is 0 Å². The van der Waals surface area contributed by atoms with Gasteiger partial charge in [-0.1, -0.05) is 0 Å². The second-order valence-corrected chi connectivity index (χ2v) is 1.60. The monoisotopic (exact) mass is 129 g/mol. The fraction of sp³-hybridized carbons (Fsp3) is 0.500. The highest BCUT2D eigenvalue weighted by atomic mass is 16.5. The van der Waals surface area contributed by atoms with Crippen molar-refractivity contribution in [1.82, 2.24) is 10.8 Å². The third-order valence-electron chi connectivity index (χ3n) is 0.988. The lowest BCUT2D eigenvalue weighted by Crippen LogP contribution is -2.43. The van der Waals surface area contributed by atoms with Gasteiger partial charge in [0.2, 0.25) is 5.84 Å². The van der Waals surface area contributed by atoms with Crippen LogP contribution in [-0.2, 0) is 4.79 Å². The molecule has 0 saturated heterocycles. The summed E-state index contributed by atoms with van der Waals surface area (Å²) in [7, 11) is 0. The van der Waals surface area contributed by atoms with Gasteiger partial charge in [-0.2, -0.15) is 0 Å². The van der Waals surface area contributed by atoms with E-state index < -0.39 is 0 Å². The number of hydrogen-bond acceptors (Lipinski definition) is 4. The molecule has 0 aromatic carbocycles. The predicted octanol–water partition coefficient (Wildman–Crippen LogP) is -1.51. The number of nitrogens with zero attached hydrogens (tertiary/aromatic N) is 1. The molecule has 0 radical (unpaired) electrons. The second kappa shape index (κ2) is 2.45. The Morgan fingerprint density at radius 1 is 1.78 bits per heavy atom. The van der Waals surface area contributed by atoms with E-state index >= 15 is 0 Å². The van der Waals surface area contributed by atoms with Crippen LogP contribution >= 0.6 is 0 Å². The average molecular weight is 129 g/mol. The summed E-state index contributed by atoms with van der Waals surface area (Å²) in [6, 6.07) is 0. The second-order valence-electron chi connectivity index (χ2n) is 1.60. The zero-order valence-electron chi connectivity index (χ0n) is 4.72. The Morgan fingerprint density at radius 2 is 2.56 bits per heavy atom. The van der Waals surface area contributed by atoms with Gasteiger partial charge >= 0.3 is 0 Å². The van der Waals surface area contributed by atoms with Gasteiger partial charge in [0.05, 0.1) is 6.54 Å². The Morgan fingerprint density at radius 3 is 3.00 bits per heavy atom. The number of amidine groups is 1. The molecule has 5 heteroatoms. The molecule has 0 spiro atoms. The fourth-order valence-electron chi connectivity index (χ4n) is 0.579. The summed E-state index contributed by atoms with van der Waals surface area (Å²) in [6.07, 6.45) is 0. The van der Waals surface area contributed by atoms with E-state index in [2.05, 4.69) is 10.3 Å². The Labute approximate surface area is 51.7 Å². The van der Waals surface area contributed by atoms with Crippen LogP contribution in [0.4, 0.5) is 0 Å². The van der Waals surface area contributed by atoms with Crippen LogP contribution in [0.2, 0.25) is 0 Å². The molecular weight excluding hydrogens is 122 g/mol. The van der Waals surface area contributed by atoms with E-state index in [-0.39, 0.29) is 11.7 Å². The van der Waals surface area contributed by atoms with Crippen molar-refractivity contribution in [2.75, 3.05) is 13.1 Å². The molecule has 0 aliphatic carbocycles. The number of rotatable bonds is 0.